The number of carbonyl (C=O) groups is 3. The number of methoxy groups -OCH3 is 1. The highest BCUT2D eigenvalue weighted by molar-refractivity contribution is 8.00. The van der Waals surface area contributed by atoms with Gasteiger partial charge in [-0.2, -0.15) is 0 Å². The Morgan fingerprint density at radius 2 is 1.60 bits per heavy atom. The summed E-state index contributed by atoms with van der Waals surface area (Å²) in [6, 6.07) is 28.0. The Hall–Kier alpha value is -4.24. The number of para-hydroxylation sites is 1. The Labute approximate surface area is 264 Å². The first-order valence-electron chi connectivity index (χ1n) is 13.3. The highest BCUT2D eigenvalue weighted by atomic mass is 35.5. The van der Waals surface area contributed by atoms with Gasteiger partial charge in [-0.3, -0.25) is 14.4 Å². The highest BCUT2D eigenvalue weighted by Gasteiger charge is 2.21. The van der Waals surface area contributed by atoms with Gasteiger partial charge in [0.2, 0.25) is 5.91 Å². The molecule has 0 spiro atoms. The van der Waals surface area contributed by atoms with Crippen molar-refractivity contribution in [1.29, 1.82) is 0 Å². The van der Waals surface area contributed by atoms with E-state index >= 15 is 0 Å². The zero-order chi connectivity index (χ0) is 30.8. The molecule has 0 heterocycles. The minimum Gasteiger partial charge on any atom is -0.496 e. The summed E-state index contributed by atoms with van der Waals surface area (Å²) in [7, 11) is 1.53. The van der Waals surface area contributed by atoms with Crippen LogP contribution in [0.3, 0.4) is 0 Å². The van der Waals surface area contributed by atoms with Crippen LogP contribution in [0.15, 0.2) is 108 Å². The third-order valence-corrected chi connectivity index (χ3v) is 8.39. The molecule has 3 N–H and O–H groups in total. The summed E-state index contributed by atoms with van der Waals surface area (Å²) in [6.07, 6.45) is 2.11. The van der Waals surface area contributed by atoms with E-state index in [1.807, 2.05) is 25.1 Å². The molecule has 0 saturated carbocycles. The molecule has 0 saturated heterocycles. The largest absolute Gasteiger partial charge is 0.496 e. The van der Waals surface area contributed by atoms with Crippen molar-refractivity contribution in [2.24, 2.45) is 0 Å². The average Bonchev–Trinajstić information content (AvgIpc) is 3.02. The molecule has 0 bridgehead atoms. The van der Waals surface area contributed by atoms with Crippen molar-refractivity contribution in [1.82, 2.24) is 5.32 Å². The summed E-state index contributed by atoms with van der Waals surface area (Å²) < 4.78 is 5.43. The van der Waals surface area contributed by atoms with E-state index in [1.54, 1.807) is 84.9 Å². The van der Waals surface area contributed by atoms with Gasteiger partial charge in [0.25, 0.3) is 11.8 Å². The number of halogens is 2. The van der Waals surface area contributed by atoms with Gasteiger partial charge in [-0.25, -0.2) is 0 Å². The smallest absolute Gasteiger partial charge is 0.272 e. The van der Waals surface area contributed by atoms with Crippen LogP contribution in [0.2, 0.25) is 10.0 Å². The van der Waals surface area contributed by atoms with Crippen LogP contribution in [0.5, 0.6) is 5.75 Å². The number of hydrogen-bond acceptors (Lipinski definition) is 5. The van der Waals surface area contributed by atoms with E-state index in [0.29, 0.717) is 39.7 Å². The van der Waals surface area contributed by atoms with Crippen LogP contribution in [-0.4, -0.2) is 30.1 Å². The zero-order valence-electron chi connectivity index (χ0n) is 23.4. The van der Waals surface area contributed by atoms with E-state index in [9.17, 15) is 14.4 Å². The van der Waals surface area contributed by atoms with Crippen LogP contribution >= 0.6 is 35.0 Å². The van der Waals surface area contributed by atoms with Gasteiger partial charge in [-0.05, 0) is 61.0 Å². The first-order chi connectivity index (χ1) is 20.8. The molecule has 10 heteroatoms. The van der Waals surface area contributed by atoms with E-state index in [0.717, 1.165) is 4.90 Å². The normalized spacial score (nSPS) is 11.8. The van der Waals surface area contributed by atoms with Crippen molar-refractivity contribution in [2.45, 2.75) is 23.5 Å². The number of nitrogens with one attached hydrogen (secondary N) is 3. The molecule has 3 amide bonds. The number of amides is 3. The van der Waals surface area contributed by atoms with Crippen LogP contribution in [0.4, 0.5) is 11.4 Å². The van der Waals surface area contributed by atoms with Gasteiger partial charge < -0.3 is 20.7 Å². The molecule has 4 rings (SSSR count). The van der Waals surface area contributed by atoms with Crippen LogP contribution in [0.25, 0.3) is 6.08 Å². The molecule has 220 valence electrons. The Balaban J connectivity index is 1.53. The van der Waals surface area contributed by atoms with Gasteiger partial charge in [0.15, 0.2) is 0 Å². The molecular formula is C33H29Cl2N3O4S. The topological polar surface area (TPSA) is 96.5 Å². The standard InChI is InChI=1S/C33H29Cl2N3O4S/c1-3-29(33(41)37-26-17-10-16-25(34)30(26)35)43-24-15-9-14-23(20-24)36-32(40)27(19-22-13-7-8-18-28(22)42-2)38-31(39)21-11-5-4-6-12-21/h4-20,29H,3H2,1-2H3,(H,36,40)(H,37,41)(H,38,39)/b27-19+. The Kier molecular flexibility index (Phi) is 11.3. The number of ether oxygens (including phenoxy) is 1. The summed E-state index contributed by atoms with van der Waals surface area (Å²) in [5, 5.41) is 8.63. The van der Waals surface area contributed by atoms with E-state index in [2.05, 4.69) is 16.0 Å². The number of anilines is 2. The van der Waals surface area contributed by atoms with E-state index in [-0.39, 0.29) is 16.6 Å². The summed E-state index contributed by atoms with van der Waals surface area (Å²) >= 11 is 13.7. The van der Waals surface area contributed by atoms with Gasteiger partial charge in [0.1, 0.15) is 11.4 Å². The molecule has 0 fully saturated rings. The first-order valence-corrected chi connectivity index (χ1v) is 15.0. The van der Waals surface area contributed by atoms with E-state index in [4.69, 9.17) is 27.9 Å². The molecule has 0 aliphatic heterocycles. The lowest BCUT2D eigenvalue weighted by molar-refractivity contribution is -0.116. The lowest BCUT2D eigenvalue weighted by atomic mass is 10.1. The average molecular weight is 635 g/mol. The molecule has 43 heavy (non-hydrogen) atoms. The number of rotatable bonds is 11. The van der Waals surface area contributed by atoms with E-state index < -0.39 is 17.1 Å². The Morgan fingerprint density at radius 3 is 2.35 bits per heavy atom. The Morgan fingerprint density at radius 1 is 0.884 bits per heavy atom. The third kappa shape index (κ3) is 8.64. The van der Waals surface area contributed by atoms with E-state index in [1.165, 1.54) is 18.9 Å². The molecule has 0 aliphatic carbocycles. The second-order valence-corrected chi connectivity index (χ2v) is 11.3. The van der Waals surface area contributed by atoms with Crippen molar-refractivity contribution in [3.05, 3.63) is 124 Å². The van der Waals surface area contributed by atoms with Gasteiger partial charge in [-0.15, -0.1) is 11.8 Å². The van der Waals surface area contributed by atoms with Crippen molar-refractivity contribution in [2.75, 3.05) is 17.7 Å². The van der Waals surface area contributed by atoms with Crippen molar-refractivity contribution >= 4 is 70.1 Å². The van der Waals surface area contributed by atoms with Crippen LogP contribution in [-0.2, 0) is 9.59 Å². The lowest BCUT2D eigenvalue weighted by Crippen LogP contribution is -2.30. The number of benzene rings is 4. The summed E-state index contributed by atoms with van der Waals surface area (Å²) in [4.78, 5) is 40.3. The second kappa shape index (κ2) is 15.3. The maximum atomic E-state index is 13.5. The predicted octanol–water partition coefficient (Wildman–Crippen LogP) is 7.92. The van der Waals surface area contributed by atoms with Crippen LogP contribution in [0.1, 0.15) is 29.3 Å². The lowest BCUT2D eigenvalue weighted by Gasteiger charge is -2.17. The van der Waals surface area contributed by atoms with Crippen molar-refractivity contribution < 1.29 is 19.1 Å². The van der Waals surface area contributed by atoms with Gasteiger partial charge >= 0.3 is 0 Å². The molecule has 0 aromatic heterocycles. The fourth-order valence-corrected chi connectivity index (χ4v) is 5.39. The minimum atomic E-state index is -0.530. The zero-order valence-corrected chi connectivity index (χ0v) is 25.7. The summed E-state index contributed by atoms with van der Waals surface area (Å²) in [5.41, 5.74) is 1.97. The molecule has 1 atom stereocenters. The predicted molar refractivity (Wildman–Crippen MR) is 175 cm³/mol. The molecule has 7 nitrogen and oxygen atoms in total. The van der Waals surface area contributed by atoms with Gasteiger partial charge in [-0.1, -0.05) is 78.7 Å². The number of hydrogen-bond donors (Lipinski definition) is 3. The molecule has 0 aliphatic rings. The van der Waals surface area contributed by atoms with Gasteiger partial charge in [0, 0.05) is 21.7 Å². The highest BCUT2D eigenvalue weighted by Crippen LogP contribution is 2.32. The maximum absolute atomic E-state index is 13.5. The second-order valence-electron chi connectivity index (χ2n) is 9.21. The first kappa shape index (κ1) is 31.7. The molecule has 1 unspecified atom stereocenters. The minimum absolute atomic E-state index is 0.0284. The van der Waals surface area contributed by atoms with Crippen LogP contribution in [0, 0.1) is 0 Å². The Bertz CT molecular complexity index is 1650. The van der Waals surface area contributed by atoms with Gasteiger partial charge in [0.05, 0.1) is 28.1 Å². The monoisotopic (exact) mass is 633 g/mol. The summed E-state index contributed by atoms with van der Waals surface area (Å²) in [6.45, 7) is 1.91. The number of carbonyl (C=O) groups excluding carboxylic acids is 3. The third-order valence-electron chi connectivity index (χ3n) is 6.21. The quantitative estimate of drug-likeness (QED) is 0.115. The molecule has 0 radical (unpaired) electrons. The number of thioether (sulfide) groups is 1. The molecular weight excluding hydrogens is 605 g/mol. The van der Waals surface area contributed by atoms with Crippen molar-refractivity contribution in [3.8, 4) is 5.75 Å². The van der Waals surface area contributed by atoms with Crippen molar-refractivity contribution in [3.63, 3.8) is 0 Å². The SMILES string of the molecule is CCC(Sc1cccc(NC(=O)/C(=C\c2ccccc2OC)NC(=O)c2ccccc2)c1)C(=O)Nc1cccc(Cl)c1Cl. The molecule has 4 aromatic carbocycles. The molecule has 4 aromatic rings. The summed E-state index contributed by atoms with van der Waals surface area (Å²) in [5.74, 6) is -0.643. The fourth-order valence-electron chi connectivity index (χ4n) is 4.03. The fraction of sp³-hybridized carbons (Fsp3) is 0.121. The van der Waals surface area contributed by atoms with Crippen LogP contribution < -0.4 is 20.7 Å². The maximum Gasteiger partial charge on any atom is 0.272 e.